The van der Waals surface area contributed by atoms with E-state index in [4.69, 9.17) is 9.05 Å². The van der Waals surface area contributed by atoms with E-state index in [0.717, 1.165) is 23.2 Å². The molecule has 6 heteroatoms. The molecule has 2 N–H and O–H groups in total. The summed E-state index contributed by atoms with van der Waals surface area (Å²) in [5, 5.41) is 12.8. The molecule has 1 heterocycles. The number of aryl methyl sites for hydroxylation is 1. The third-order valence-electron chi connectivity index (χ3n) is 4.00. The molecule has 3 rings (SSSR count). The summed E-state index contributed by atoms with van der Waals surface area (Å²) in [5.41, 5.74) is 2.72. The molecule has 0 radical (unpaired) electrons. The van der Waals surface area contributed by atoms with Crippen molar-refractivity contribution in [1.29, 1.82) is 0 Å². The maximum atomic E-state index is 13.3. The number of rotatable bonds is 4. The Balaban J connectivity index is 1.95. The van der Waals surface area contributed by atoms with Crippen LogP contribution in [-0.4, -0.2) is 17.8 Å². The molecule has 0 aliphatic carbocycles. The summed E-state index contributed by atoms with van der Waals surface area (Å²) in [5.74, 6) is -0.478. The Morgan fingerprint density at radius 1 is 1.17 bits per heavy atom. The van der Waals surface area contributed by atoms with Crippen LogP contribution in [0.15, 0.2) is 48.5 Å². The Labute approximate surface area is 142 Å². The van der Waals surface area contributed by atoms with E-state index in [9.17, 15) is 9.67 Å². The summed E-state index contributed by atoms with van der Waals surface area (Å²) < 4.78 is 24.6. The van der Waals surface area contributed by atoms with Crippen molar-refractivity contribution in [2.75, 3.05) is 11.9 Å². The van der Waals surface area contributed by atoms with Crippen LogP contribution in [0.4, 0.5) is 5.69 Å². The Morgan fingerprint density at radius 3 is 2.46 bits per heavy atom. The molecular weight excluding hydrogens is 325 g/mol. The maximum absolute atomic E-state index is 13.3. The lowest BCUT2D eigenvalue weighted by Crippen LogP contribution is -2.23. The molecule has 2 aromatic carbocycles. The lowest BCUT2D eigenvalue weighted by Gasteiger charge is -2.34. The number of anilines is 1. The molecule has 1 aliphatic heterocycles. The fourth-order valence-electron chi connectivity index (χ4n) is 2.62. The van der Waals surface area contributed by atoms with Crippen LogP contribution in [0.5, 0.6) is 5.75 Å². The van der Waals surface area contributed by atoms with Crippen LogP contribution in [-0.2, 0) is 13.6 Å². The van der Waals surface area contributed by atoms with Gasteiger partial charge in [0.05, 0.1) is 12.7 Å². The highest BCUT2D eigenvalue weighted by molar-refractivity contribution is 7.54. The number of hydrogen-bond acceptors (Lipinski definition) is 5. The Kier molecular flexibility index (Phi) is 4.95. The van der Waals surface area contributed by atoms with Gasteiger partial charge in [-0.3, -0.25) is 4.57 Å². The fraction of sp³-hybridized carbons (Fsp3) is 0.333. The topological polar surface area (TPSA) is 67.8 Å². The predicted molar refractivity (Wildman–Crippen MR) is 94.4 cm³/mol. The number of benzene rings is 2. The smallest absolute Gasteiger partial charge is 0.357 e. The number of phenolic OH excluding ortho intramolecular Hbond substituents is 1. The van der Waals surface area contributed by atoms with E-state index in [0.29, 0.717) is 6.61 Å². The van der Waals surface area contributed by atoms with Crippen molar-refractivity contribution in [1.82, 2.24) is 0 Å². The van der Waals surface area contributed by atoms with Crippen LogP contribution in [0.3, 0.4) is 0 Å². The minimum Gasteiger partial charge on any atom is -0.508 e. The molecule has 1 saturated heterocycles. The molecule has 0 spiro atoms. The van der Waals surface area contributed by atoms with Gasteiger partial charge < -0.3 is 19.5 Å². The van der Waals surface area contributed by atoms with Crippen molar-refractivity contribution in [3.8, 4) is 5.75 Å². The molecule has 1 fully saturated rings. The normalized spacial score (nSPS) is 25.2. The van der Waals surface area contributed by atoms with Crippen LogP contribution >= 0.6 is 7.60 Å². The third kappa shape index (κ3) is 3.81. The minimum absolute atomic E-state index is 0.121. The van der Waals surface area contributed by atoms with Crippen molar-refractivity contribution in [2.24, 2.45) is 0 Å². The molecule has 0 bridgehead atoms. The highest BCUT2D eigenvalue weighted by Crippen LogP contribution is 2.63. The van der Waals surface area contributed by atoms with Crippen LogP contribution in [0.1, 0.15) is 30.3 Å². The van der Waals surface area contributed by atoms with Crippen molar-refractivity contribution < 1.29 is 18.7 Å². The monoisotopic (exact) mass is 347 g/mol. The zero-order valence-corrected chi connectivity index (χ0v) is 14.7. The van der Waals surface area contributed by atoms with Crippen molar-refractivity contribution in [3.63, 3.8) is 0 Å². The lowest BCUT2D eigenvalue weighted by atomic mass is 10.2. The molecule has 0 saturated carbocycles. The highest BCUT2D eigenvalue weighted by Gasteiger charge is 2.41. The van der Waals surface area contributed by atoms with Crippen molar-refractivity contribution in [2.45, 2.75) is 32.2 Å². The molecule has 24 heavy (non-hydrogen) atoms. The van der Waals surface area contributed by atoms with Crippen LogP contribution in [0.2, 0.25) is 0 Å². The second-order valence-corrected chi connectivity index (χ2v) is 8.15. The minimum atomic E-state index is -3.39. The average molecular weight is 347 g/mol. The summed E-state index contributed by atoms with van der Waals surface area (Å²) in [6, 6.07) is 14.4. The molecule has 2 aromatic rings. The molecule has 0 unspecified atom stereocenters. The second-order valence-electron chi connectivity index (χ2n) is 6.08. The Bertz CT molecular complexity index is 730. The fourth-order valence-corrected chi connectivity index (χ4v) is 4.77. The van der Waals surface area contributed by atoms with Gasteiger partial charge in [0.25, 0.3) is 0 Å². The summed E-state index contributed by atoms with van der Waals surface area (Å²) >= 11 is 0. The largest absolute Gasteiger partial charge is 0.508 e. The number of phenols is 1. The van der Waals surface area contributed by atoms with Gasteiger partial charge in [-0.25, -0.2) is 0 Å². The van der Waals surface area contributed by atoms with Gasteiger partial charge in [-0.1, -0.05) is 29.8 Å². The molecular formula is C18H22NO4P. The number of aromatic hydroxyl groups is 1. The maximum Gasteiger partial charge on any atom is 0.357 e. The Hall–Kier alpha value is -1.81. The molecule has 5 nitrogen and oxygen atoms in total. The first-order valence-corrected chi connectivity index (χ1v) is 9.62. The second kappa shape index (κ2) is 6.98. The van der Waals surface area contributed by atoms with Crippen LogP contribution < -0.4 is 5.32 Å². The van der Waals surface area contributed by atoms with Gasteiger partial charge in [-0.15, -0.1) is 0 Å². The first kappa shape index (κ1) is 17.0. The van der Waals surface area contributed by atoms with Gasteiger partial charge in [0.1, 0.15) is 5.75 Å². The third-order valence-corrected chi connectivity index (χ3v) is 6.26. The van der Waals surface area contributed by atoms with E-state index in [2.05, 4.69) is 5.32 Å². The number of nitrogens with one attached hydrogen (secondary N) is 1. The Morgan fingerprint density at radius 2 is 1.83 bits per heavy atom. The summed E-state index contributed by atoms with van der Waals surface area (Å²) in [7, 11) is -3.39. The summed E-state index contributed by atoms with van der Waals surface area (Å²) in [6.07, 6.45) is 0.598. The quantitative estimate of drug-likeness (QED) is 0.776. The van der Waals surface area contributed by atoms with Gasteiger partial charge in [-0.05, 0) is 50.1 Å². The summed E-state index contributed by atoms with van der Waals surface area (Å²) in [6.45, 7) is 4.32. The summed E-state index contributed by atoms with van der Waals surface area (Å²) in [4.78, 5) is 0. The van der Waals surface area contributed by atoms with E-state index in [1.807, 2.05) is 38.1 Å². The standard InChI is InChI=1S/C18H22NO4P/c1-13-3-7-16(8-4-13)19-18(15-5-9-17(20)10-6-15)24(21)22-12-11-14(2)23-24/h3-10,14,18-20H,11-12H2,1-2H3/t14-,18+,24-/m0/s1. The molecule has 3 atom stereocenters. The van der Waals surface area contributed by atoms with Crippen LogP contribution in [0.25, 0.3) is 0 Å². The van der Waals surface area contributed by atoms with E-state index >= 15 is 0 Å². The van der Waals surface area contributed by atoms with Gasteiger partial charge in [0.2, 0.25) is 0 Å². The van der Waals surface area contributed by atoms with Crippen LogP contribution in [0, 0.1) is 6.92 Å². The van der Waals surface area contributed by atoms with E-state index in [1.165, 1.54) is 0 Å². The first-order valence-electron chi connectivity index (χ1n) is 8.01. The first-order chi connectivity index (χ1) is 11.5. The molecule has 1 aliphatic rings. The predicted octanol–water partition coefficient (Wildman–Crippen LogP) is 4.83. The number of hydrogen-bond donors (Lipinski definition) is 2. The van der Waals surface area contributed by atoms with E-state index in [1.54, 1.807) is 24.3 Å². The lowest BCUT2D eigenvalue weighted by molar-refractivity contribution is 0.0887. The van der Waals surface area contributed by atoms with Crippen molar-refractivity contribution in [3.05, 3.63) is 59.7 Å². The zero-order chi connectivity index (χ0) is 17.2. The van der Waals surface area contributed by atoms with Gasteiger partial charge in [0.15, 0.2) is 5.78 Å². The van der Waals surface area contributed by atoms with Crippen molar-refractivity contribution >= 4 is 13.3 Å². The van der Waals surface area contributed by atoms with Gasteiger partial charge >= 0.3 is 7.60 Å². The molecule has 128 valence electrons. The molecule has 0 amide bonds. The van der Waals surface area contributed by atoms with E-state index in [-0.39, 0.29) is 11.9 Å². The van der Waals surface area contributed by atoms with Gasteiger partial charge in [0, 0.05) is 5.69 Å². The van der Waals surface area contributed by atoms with Gasteiger partial charge in [-0.2, -0.15) is 0 Å². The highest BCUT2D eigenvalue weighted by atomic mass is 31.2. The zero-order valence-electron chi connectivity index (χ0n) is 13.8. The molecule has 0 aromatic heterocycles. The average Bonchev–Trinajstić information content (AvgIpc) is 2.55. The van der Waals surface area contributed by atoms with E-state index < -0.39 is 13.4 Å². The SMILES string of the molecule is Cc1ccc(N[C@@H](c2ccc(O)cc2)[P@]2(=O)OCC[C@H](C)O2)cc1.